The van der Waals surface area contributed by atoms with Gasteiger partial charge in [0.1, 0.15) is 0 Å². The Morgan fingerprint density at radius 1 is 1.37 bits per heavy atom. The van der Waals surface area contributed by atoms with Gasteiger partial charge in [-0.1, -0.05) is 20.8 Å². The van der Waals surface area contributed by atoms with E-state index >= 15 is 0 Å². The standard InChI is InChI=1S/C15H27NO2Si/c1-9-10(2)13-12(14(17)16-13)11(3)18-19(7,8)15(4,5)6/h1,10-13H,2-8H3,(H,16,17)/t10-,11+,12+,13+/m0/s1. The number of carbonyl (C=O) groups is 1. The summed E-state index contributed by atoms with van der Waals surface area (Å²) in [6.45, 7) is 15.0. The highest BCUT2D eigenvalue weighted by Crippen LogP contribution is 2.39. The van der Waals surface area contributed by atoms with E-state index in [2.05, 4.69) is 45.1 Å². The Morgan fingerprint density at radius 3 is 2.26 bits per heavy atom. The summed E-state index contributed by atoms with van der Waals surface area (Å²) in [7, 11) is -1.85. The van der Waals surface area contributed by atoms with Gasteiger partial charge in [-0.3, -0.25) is 4.79 Å². The molecular weight excluding hydrogens is 254 g/mol. The molecule has 108 valence electrons. The van der Waals surface area contributed by atoms with Gasteiger partial charge in [-0.25, -0.2) is 0 Å². The smallest absolute Gasteiger partial charge is 0.228 e. The molecule has 1 saturated heterocycles. The molecule has 0 aromatic carbocycles. The maximum Gasteiger partial charge on any atom is 0.228 e. The molecule has 3 nitrogen and oxygen atoms in total. The van der Waals surface area contributed by atoms with E-state index in [4.69, 9.17) is 10.8 Å². The predicted octanol–water partition coefficient (Wildman–Crippen LogP) is 2.78. The molecular formula is C15H27NO2Si. The third-order valence-corrected chi connectivity index (χ3v) is 9.17. The van der Waals surface area contributed by atoms with Crippen LogP contribution in [0.5, 0.6) is 0 Å². The van der Waals surface area contributed by atoms with Crippen molar-refractivity contribution in [2.75, 3.05) is 0 Å². The fourth-order valence-corrected chi connectivity index (χ4v) is 3.61. The molecule has 0 unspecified atom stereocenters. The zero-order valence-electron chi connectivity index (χ0n) is 13.2. The first-order valence-electron chi connectivity index (χ1n) is 6.95. The molecule has 0 bridgehead atoms. The van der Waals surface area contributed by atoms with Crippen LogP contribution in [0.1, 0.15) is 34.6 Å². The Labute approximate surface area is 118 Å². The van der Waals surface area contributed by atoms with Crippen LogP contribution in [-0.2, 0) is 9.22 Å². The molecule has 0 aliphatic carbocycles. The van der Waals surface area contributed by atoms with Crippen LogP contribution in [0, 0.1) is 24.2 Å². The average molecular weight is 281 g/mol. The van der Waals surface area contributed by atoms with Crippen LogP contribution in [0.4, 0.5) is 0 Å². The van der Waals surface area contributed by atoms with Gasteiger partial charge in [-0.2, -0.15) is 0 Å². The Kier molecular flexibility index (Phi) is 4.53. The van der Waals surface area contributed by atoms with E-state index in [1.54, 1.807) is 0 Å². The summed E-state index contributed by atoms with van der Waals surface area (Å²) in [6.07, 6.45) is 5.38. The zero-order valence-corrected chi connectivity index (χ0v) is 14.2. The molecule has 0 aromatic heterocycles. The highest BCUT2D eigenvalue weighted by atomic mass is 28.4. The molecule has 1 heterocycles. The second-order valence-corrected chi connectivity index (χ2v) is 11.9. The van der Waals surface area contributed by atoms with E-state index in [1.165, 1.54) is 0 Å². The van der Waals surface area contributed by atoms with Crippen LogP contribution in [0.25, 0.3) is 0 Å². The maximum atomic E-state index is 11.8. The number of hydrogen-bond donors (Lipinski definition) is 1. The van der Waals surface area contributed by atoms with Gasteiger partial charge in [0.05, 0.1) is 18.1 Å². The number of β-lactam (4-membered cyclic amide) rings is 1. The third-order valence-electron chi connectivity index (χ3n) is 4.59. The molecule has 1 fully saturated rings. The summed E-state index contributed by atoms with van der Waals surface area (Å²) < 4.78 is 6.31. The topological polar surface area (TPSA) is 38.3 Å². The molecule has 1 N–H and O–H groups in total. The summed E-state index contributed by atoms with van der Waals surface area (Å²) in [5.41, 5.74) is 0. The van der Waals surface area contributed by atoms with Crippen LogP contribution in [0.3, 0.4) is 0 Å². The van der Waals surface area contributed by atoms with Gasteiger partial charge in [0.2, 0.25) is 5.91 Å². The molecule has 1 amide bonds. The van der Waals surface area contributed by atoms with Gasteiger partial charge in [0, 0.05) is 5.92 Å². The first-order chi connectivity index (χ1) is 8.51. The molecule has 4 heteroatoms. The average Bonchev–Trinajstić information content (AvgIpc) is 2.22. The fraction of sp³-hybridized carbons (Fsp3) is 0.800. The lowest BCUT2D eigenvalue weighted by atomic mass is 9.79. The number of terminal acetylenes is 1. The number of hydrogen-bond acceptors (Lipinski definition) is 2. The van der Waals surface area contributed by atoms with Crippen LogP contribution in [-0.4, -0.2) is 26.4 Å². The number of amides is 1. The number of carbonyl (C=O) groups excluding carboxylic acids is 1. The van der Waals surface area contributed by atoms with Gasteiger partial charge in [0.25, 0.3) is 0 Å². The lowest BCUT2D eigenvalue weighted by Crippen LogP contribution is -2.65. The molecule has 0 radical (unpaired) electrons. The van der Waals surface area contributed by atoms with Gasteiger partial charge in [-0.15, -0.1) is 12.3 Å². The molecule has 1 aliphatic heterocycles. The minimum atomic E-state index is -1.85. The lowest BCUT2D eigenvalue weighted by molar-refractivity contribution is -0.141. The Bertz CT molecular complexity index is 392. The van der Waals surface area contributed by atoms with Crippen molar-refractivity contribution in [2.45, 2.75) is 64.9 Å². The summed E-state index contributed by atoms with van der Waals surface area (Å²) in [4.78, 5) is 11.8. The molecule has 0 spiro atoms. The van der Waals surface area contributed by atoms with E-state index < -0.39 is 8.32 Å². The van der Waals surface area contributed by atoms with Crippen molar-refractivity contribution in [1.29, 1.82) is 0 Å². The highest BCUT2D eigenvalue weighted by Gasteiger charge is 2.48. The normalized spacial score (nSPS) is 26.9. The van der Waals surface area contributed by atoms with E-state index in [-0.39, 0.29) is 34.9 Å². The van der Waals surface area contributed by atoms with E-state index in [0.29, 0.717) is 0 Å². The first kappa shape index (κ1) is 16.3. The third kappa shape index (κ3) is 3.21. The monoisotopic (exact) mass is 281 g/mol. The summed E-state index contributed by atoms with van der Waals surface area (Å²) in [5.74, 6) is 2.71. The van der Waals surface area contributed by atoms with E-state index in [9.17, 15) is 4.79 Å². The van der Waals surface area contributed by atoms with Crippen LogP contribution < -0.4 is 5.32 Å². The second kappa shape index (κ2) is 5.30. The SMILES string of the molecule is C#C[C@H](C)[C@H]1NC(=O)[C@@H]1[C@@H](C)O[Si](C)(C)C(C)(C)C. The van der Waals surface area contributed by atoms with Crippen LogP contribution >= 0.6 is 0 Å². The quantitative estimate of drug-likeness (QED) is 0.489. The summed E-state index contributed by atoms with van der Waals surface area (Å²) in [6, 6.07) is 0.0530. The van der Waals surface area contributed by atoms with Gasteiger partial charge in [0.15, 0.2) is 8.32 Å². The van der Waals surface area contributed by atoms with Crippen molar-refractivity contribution >= 4 is 14.2 Å². The molecule has 0 aromatic rings. The number of nitrogens with one attached hydrogen (secondary N) is 1. The number of rotatable bonds is 4. The maximum absolute atomic E-state index is 11.8. The molecule has 0 saturated carbocycles. The summed E-state index contributed by atoms with van der Waals surface area (Å²) in [5, 5.41) is 3.05. The molecule has 19 heavy (non-hydrogen) atoms. The van der Waals surface area contributed by atoms with Gasteiger partial charge < -0.3 is 9.74 Å². The Balaban J connectivity index is 2.76. The lowest BCUT2D eigenvalue weighted by Gasteiger charge is -2.46. The predicted molar refractivity (Wildman–Crippen MR) is 81.2 cm³/mol. The van der Waals surface area contributed by atoms with Crippen molar-refractivity contribution < 1.29 is 9.22 Å². The van der Waals surface area contributed by atoms with Crippen molar-refractivity contribution in [3.8, 4) is 12.3 Å². The van der Waals surface area contributed by atoms with Gasteiger partial charge in [-0.05, 0) is 32.0 Å². The highest BCUT2D eigenvalue weighted by molar-refractivity contribution is 6.74. The minimum Gasteiger partial charge on any atom is -0.413 e. The van der Waals surface area contributed by atoms with Crippen LogP contribution in [0.2, 0.25) is 18.1 Å². The van der Waals surface area contributed by atoms with Gasteiger partial charge >= 0.3 is 0 Å². The van der Waals surface area contributed by atoms with Crippen molar-refractivity contribution in [3.05, 3.63) is 0 Å². The van der Waals surface area contributed by atoms with Crippen LogP contribution in [0.15, 0.2) is 0 Å². The summed E-state index contributed by atoms with van der Waals surface area (Å²) >= 11 is 0. The largest absolute Gasteiger partial charge is 0.413 e. The molecule has 1 aliphatic rings. The van der Waals surface area contributed by atoms with Crippen molar-refractivity contribution in [3.63, 3.8) is 0 Å². The first-order valence-corrected chi connectivity index (χ1v) is 9.86. The van der Waals surface area contributed by atoms with E-state index in [0.717, 1.165) is 0 Å². The minimum absolute atomic E-state index is 0.0492. The Hall–Kier alpha value is -0.793. The van der Waals surface area contributed by atoms with Crippen molar-refractivity contribution in [1.82, 2.24) is 5.32 Å². The molecule has 1 rings (SSSR count). The van der Waals surface area contributed by atoms with E-state index in [1.807, 2.05) is 13.8 Å². The Morgan fingerprint density at radius 2 is 1.89 bits per heavy atom. The fourth-order valence-electron chi connectivity index (χ4n) is 2.18. The molecule has 4 atom stereocenters. The second-order valence-electron chi connectivity index (χ2n) is 7.10. The van der Waals surface area contributed by atoms with Crippen molar-refractivity contribution in [2.24, 2.45) is 11.8 Å². The zero-order chi connectivity index (χ0) is 15.0.